The molecule has 0 atom stereocenters. The van der Waals surface area contributed by atoms with Crippen LogP contribution in [0.25, 0.3) is 0 Å². The van der Waals surface area contributed by atoms with Crippen LogP contribution in [0.5, 0.6) is 5.75 Å². The molecular formula is C14H12BrFN2O. The van der Waals surface area contributed by atoms with Gasteiger partial charge in [0, 0.05) is 0 Å². The van der Waals surface area contributed by atoms with E-state index >= 15 is 0 Å². The number of hydrazone groups is 1. The molecule has 0 heterocycles. The number of hydrogen-bond acceptors (Lipinski definition) is 3. The average molecular weight is 323 g/mol. The molecule has 19 heavy (non-hydrogen) atoms. The van der Waals surface area contributed by atoms with Gasteiger partial charge in [0.15, 0.2) is 0 Å². The summed E-state index contributed by atoms with van der Waals surface area (Å²) in [5, 5.41) is 4.08. The number of anilines is 1. The lowest BCUT2D eigenvalue weighted by atomic mass is 10.2. The van der Waals surface area contributed by atoms with E-state index in [4.69, 9.17) is 4.74 Å². The molecule has 2 aromatic carbocycles. The van der Waals surface area contributed by atoms with Crippen molar-refractivity contribution < 1.29 is 9.13 Å². The van der Waals surface area contributed by atoms with Crippen LogP contribution in [0.15, 0.2) is 52.0 Å². The van der Waals surface area contributed by atoms with E-state index in [1.807, 2.05) is 18.2 Å². The lowest BCUT2D eigenvalue weighted by molar-refractivity contribution is 0.412. The number of methoxy groups -OCH3 is 1. The highest BCUT2D eigenvalue weighted by Crippen LogP contribution is 2.24. The first-order chi connectivity index (χ1) is 9.19. The Morgan fingerprint density at radius 2 is 1.95 bits per heavy atom. The Morgan fingerprint density at radius 3 is 2.58 bits per heavy atom. The minimum Gasteiger partial charge on any atom is -0.496 e. The summed E-state index contributed by atoms with van der Waals surface area (Å²) in [7, 11) is 1.62. The number of nitrogens with one attached hydrogen (secondary N) is 1. The molecule has 1 N–H and O–H groups in total. The molecule has 0 aliphatic rings. The van der Waals surface area contributed by atoms with Crippen molar-refractivity contribution in [3.05, 3.63) is 58.3 Å². The molecule has 0 fully saturated rings. The zero-order chi connectivity index (χ0) is 13.7. The van der Waals surface area contributed by atoms with Crippen molar-refractivity contribution in [1.29, 1.82) is 0 Å². The van der Waals surface area contributed by atoms with Crippen LogP contribution in [-0.2, 0) is 0 Å². The lowest BCUT2D eigenvalue weighted by Gasteiger charge is -2.03. The van der Waals surface area contributed by atoms with Crippen molar-refractivity contribution in [3.63, 3.8) is 0 Å². The smallest absolute Gasteiger partial charge is 0.133 e. The van der Waals surface area contributed by atoms with Gasteiger partial charge < -0.3 is 4.74 Å². The predicted octanol–water partition coefficient (Wildman–Crippen LogP) is 4.04. The number of benzene rings is 2. The Hall–Kier alpha value is -1.88. The maximum atomic E-state index is 12.7. The lowest BCUT2D eigenvalue weighted by Crippen LogP contribution is -1.91. The van der Waals surface area contributed by atoms with Crippen molar-refractivity contribution in [2.45, 2.75) is 0 Å². The van der Waals surface area contributed by atoms with Crippen LogP contribution in [0.2, 0.25) is 0 Å². The van der Waals surface area contributed by atoms with Gasteiger partial charge >= 0.3 is 0 Å². The molecule has 0 spiro atoms. The van der Waals surface area contributed by atoms with Crippen LogP contribution in [0.3, 0.4) is 0 Å². The normalized spacial score (nSPS) is 10.7. The molecule has 2 rings (SSSR count). The average Bonchev–Trinajstić information content (AvgIpc) is 2.41. The highest BCUT2D eigenvalue weighted by atomic mass is 79.9. The molecule has 0 saturated carbocycles. The Balaban J connectivity index is 2.02. The van der Waals surface area contributed by atoms with E-state index in [-0.39, 0.29) is 5.82 Å². The van der Waals surface area contributed by atoms with Gasteiger partial charge in [-0.3, -0.25) is 5.43 Å². The van der Waals surface area contributed by atoms with Crippen LogP contribution in [0, 0.1) is 5.82 Å². The molecule has 2 aromatic rings. The minimum atomic E-state index is -0.270. The molecule has 0 amide bonds. The fraction of sp³-hybridized carbons (Fsp3) is 0.0714. The monoisotopic (exact) mass is 322 g/mol. The number of ether oxygens (including phenoxy) is 1. The highest BCUT2D eigenvalue weighted by Gasteiger charge is 1.99. The van der Waals surface area contributed by atoms with Crippen molar-refractivity contribution in [1.82, 2.24) is 0 Å². The first-order valence-corrected chi connectivity index (χ1v) is 6.36. The summed E-state index contributed by atoms with van der Waals surface area (Å²) in [6, 6.07) is 11.6. The van der Waals surface area contributed by atoms with Crippen LogP contribution in [0.4, 0.5) is 10.1 Å². The maximum absolute atomic E-state index is 12.7. The van der Waals surface area contributed by atoms with E-state index in [2.05, 4.69) is 26.5 Å². The van der Waals surface area contributed by atoms with E-state index < -0.39 is 0 Å². The van der Waals surface area contributed by atoms with Crippen molar-refractivity contribution >= 4 is 27.8 Å². The second-order valence-corrected chi connectivity index (χ2v) is 4.63. The summed E-state index contributed by atoms with van der Waals surface area (Å²) < 4.78 is 18.7. The number of hydrogen-bond donors (Lipinski definition) is 1. The Bertz CT molecular complexity index is 584. The number of rotatable bonds is 4. The zero-order valence-electron chi connectivity index (χ0n) is 10.2. The SMILES string of the molecule is COc1ccc(/C=N\Nc2ccc(F)cc2)cc1Br. The molecule has 5 heteroatoms. The molecule has 3 nitrogen and oxygen atoms in total. The van der Waals surface area contributed by atoms with Gasteiger partial charge in [-0.05, 0) is 64.0 Å². The summed E-state index contributed by atoms with van der Waals surface area (Å²) in [5.41, 5.74) is 4.47. The summed E-state index contributed by atoms with van der Waals surface area (Å²) in [6.07, 6.45) is 1.67. The van der Waals surface area contributed by atoms with Crippen molar-refractivity contribution in [2.24, 2.45) is 5.10 Å². The van der Waals surface area contributed by atoms with Gasteiger partial charge in [-0.2, -0.15) is 5.10 Å². The van der Waals surface area contributed by atoms with Gasteiger partial charge in [0.2, 0.25) is 0 Å². The van der Waals surface area contributed by atoms with Gasteiger partial charge in [-0.1, -0.05) is 0 Å². The first kappa shape index (κ1) is 13.5. The van der Waals surface area contributed by atoms with Crippen LogP contribution in [0.1, 0.15) is 5.56 Å². The van der Waals surface area contributed by atoms with E-state index in [0.717, 1.165) is 21.5 Å². The molecule has 0 bridgehead atoms. The van der Waals surface area contributed by atoms with Crippen LogP contribution < -0.4 is 10.2 Å². The fourth-order valence-electron chi connectivity index (χ4n) is 1.47. The van der Waals surface area contributed by atoms with Gasteiger partial charge in [-0.15, -0.1) is 0 Å². The molecule has 0 unspecified atom stereocenters. The van der Waals surface area contributed by atoms with E-state index in [1.165, 1.54) is 12.1 Å². The maximum Gasteiger partial charge on any atom is 0.133 e. The van der Waals surface area contributed by atoms with Crippen LogP contribution >= 0.6 is 15.9 Å². The van der Waals surface area contributed by atoms with Crippen molar-refractivity contribution in [2.75, 3.05) is 12.5 Å². The standard InChI is InChI=1S/C14H12BrFN2O/c1-19-14-7-2-10(8-13(14)15)9-17-18-12-5-3-11(16)4-6-12/h2-9,18H,1H3/b17-9-. The molecule has 0 aliphatic heterocycles. The first-order valence-electron chi connectivity index (χ1n) is 5.57. The fourth-order valence-corrected chi connectivity index (χ4v) is 2.03. The van der Waals surface area contributed by atoms with E-state index in [9.17, 15) is 4.39 Å². The van der Waals surface area contributed by atoms with E-state index in [1.54, 1.807) is 25.5 Å². The molecule has 0 aromatic heterocycles. The molecule has 0 saturated heterocycles. The molecule has 98 valence electrons. The predicted molar refractivity (Wildman–Crippen MR) is 78.3 cm³/mol. The van der Waals surface area contributed by atoms with Crippen molar-refractivity contribution in [3.8, 4) is 5.75 Å². The third-order valence-electron chi connectivity index (χ3n) is 2.43. The summed E-state index contributed by atoms with van der Waals surface area (Å²) in [6.45, 7) is 0. The number of nitrogens with zero attached hydrogens (tertiary/aromatic N) is 1. The van der Waals surface area contributed by atoms with Gasteiger partial charge in [0.05, 0.1) is 23.5 Å². The van der Waals surface area contributed by atoms with Gasteiger partial charge in [0.25, 0.3) is 0 Å². The Kier molecular flexibility index (Phi) is 4.52. The molecule has 0 aliphatic carbocycles. The third kappa shape index (κ3) is 3.79. The second-order valence-electron chi connectivity index (χ2n) is 3.77. The topological polar surface area (TPSA) is 33.6 Å². The van der Waals surface area contributed by atoms with Gasteiger partial charge in [-0.25, -0.2) is 4.39 Å². The third-order valence-corrected chi connectivity index (χ3v) is 3.05. The van der Waals surface area contributed by atoms with Crippen LogP contribution in [-0.4, -0.2) is 13.3 Å². The molecule has 0 radical (unpaired) electrons. The summed E-state index contributed by atoms with van der Waals surface area (Å²) >= 11 is 3.40. The number of halogens is 2. The van der Waals surface area contributed by atoms with E-state index in [0.29, 0.717) is 0 Å². The highest BCUT2D eigenvalue weighted by molar-refractivity contribution is 9.10. The van der Waals surface area contributed by atoms with Gasteiger partial charge in [0.1, 0.15) is 11.6 Å². The quantitative estimate of drug-likeness (QED) is 0.680. The molecular weight excluding hydrogens is 311 g/mol. The summed E-state index contributed by atoms with van der Waals surface area (Å²) in [5.74, 6) is 0.497. The second kappa shape index (κ2) is 6.33. The largest absolute Gasteiger partial charge is 0.496 e. The Labute approximate surface area is 119 Å². The Morgan fingerprint density at radius 1 is 1.21 bits per heavy atom. The summed E-state index contributed by atoms with van der Waals surface area (Å²) in [4.78, 5) is 0. The zero-order valence-corrected chi connectivity index (χ0v) is 11.8. The minimum absolute atomic E-state index is 0.270.